The third-order valence-electron chi connectivity index (χ3n) is 2.52. The minimum Gasteiger partial charge on any atom is -0.478 e. The maximum absolute atomic E-state index is 13.0. The van der Waals surface area contributed by atoms with Crippen molar-refractivity contribution < 1.29 is 28.6 Å². The first-order chi connectivity index (χ1) is 11.8. The summed E-state index contributed by atoms with van der Waals surface area (Å²) in [7, 11) is 0. The van der Waals surface area contributed by atoms with Gasteiger partial charge in [0.15, 0.2) is 11.6 Å². The number of pyridine rings is 2. The van der Waals surface area contributed by atoms with Crippen molar-refractivity contribution in [2.75, 3.05) is 13.2 Å². The van der Waals surface area contributed by atoms with Gasteiger partial charge in [-0.15, -0.1) is 0 Å². The molecule has 2 rings (SSSR count). The standard InChI is InChI=1S/C8H8BrFN2O2.C6H3BrFNO2/c9-7-3-5(6(10)4-12-7)8(14)11-1-2-13;7-5-1-3(6(10)11)4(8)2-9-5/h3-4,13H,1-2H2,(H,11,14);1-2H,(H,10,11). The molecule has 3 N–H and O–H groups in total. The Hall–Kier alpha value is -1.98. The number of aliphatic hydroxyl groups excluding tert-OH is 1. The number of carboxylic acids is 1. The van der Waals surface area contributed by atoms with Crippen LogP contribution in [-0.4, -0.2) is 45.2 Å². The minimum absolute atomic E-state index is 0.0955. The second kappa shape index (κ2) is 10.1. The van der Waals surface area contributed by atoms with Crippen LogP contribution in [0.1, 0.15) is 20.7 Å². The van der Waals surface area contributed by atoms with Crippen molar-refractivity contribution in [2.24, 2.45) is 0 Å². The van der Waals surface area contributed by atoms with Gasteiger partial charge in [0.1, 0.15) is 9.21 Å². The molecule has 2 aromatic rings. The molecule has 0 saturated carbocycles. The molecule has 2 heterocycles. The molecule has 134 valence electrons. The molecule has 0 radical (unpaired) electrons. The summed E-state index contributed by atoms with van der Waals surface area (Å²) in [6, 6.07) is 2.39. The quantitative estimate of drug-likeness (QED) is 0.577. The highest BCUT2D eigenvalue weighted by molar-refractivity contribution is 9.10. The molecular formula is C14H11Br2F2N3O4. The molecule has 11 heteroatoms. The number of carbonyl (C=O) groups excluding carboxylic acids is 1. The highest BCUT2D eigenvalue weighted by Gasteiger charge is 2.12. The molecule has 0 spiro atoms. The van der Waals surface area contributed by atoms with Crippen LogP contribution < -0.4 is 5.32 Å². The van der Waals surface area contributed by atoms with Crippen molar-refractivity contribution in [3.8, 4) is 0 Å². The Balaban J connectivity index is 0.000000257. The molecule has 0 aromatic carbocycles. The van der Waals surface area contributed by atoms with Gasteiger partial charge < -0.3 is 15.5 Å². The molecule has 0 aliphatic carbocycles. The molecule has 1 amide bonds. The van der Waals surface area contributed by atoms with Crippen LogP contribution in [-0.2, 0) is 0 Å². The van der Waals surface area contributed by atoms with Crippen molar-refractivity contribution in [1.29, 1.82) is 0 Å². The van der Waals surface area contributed by atoms with Crippen molar-refractivity contribution >= 4 is 43.7 Å². The van der Waals surface area contributed by atoms with Crippen LogP contribution in [0.3, 0.4) is 0 Å². The van der Waals surface area contributed by atoms with E-state index in [-0.39, 0.29) is 24.3 Å². The molecule has 0 aliphatic heterocycles. The molecule has 0 fully saturated rings. The van der Waals surface area contributed by atoms with Crippen LogP contribution in [0.5, 0.6) is 0 Å². The molecule has 2 aromatic heterocycles. The number of hydrogen-bond donors (Lipinski definition) is 3. The Bertz CT molecular complexity index is 778. The first-order valence-corrected chi connectivity index (χ1v) is 8.09. The summed E-state index contributed by atoms with van der Waals surface area (Å²) >= 11 is 5.95. The fourth-order valence-electron chi connectivity index (χ4n) is 1.43. The van der Waals surface area contributed by atoms with Gasteiger partial charge >= 0.3 is 5.97 Å². The fourth-order valence-corrected chi connectivity index (χ4v) is 2.09. The van der Waals surface area contributed by atoms with Crippen LogP contribution in [0.25, 0.3) is 0 Å². The summed E-state index contributed by atoms with van der Waals surface area (Å²) < 4.78 is 26.3. The molecule has 0 atom stereocenters. The first kappa shape index (κ1) is 21.1. The topological polar surface area (TPSA) is 112 Å². The summed E-state index contributed by atoms with van der Waals surface area (Å²) in [6.45, 7) is -0.0855. The number of nitrogens with zero attached hydrogens (tertiary/aromatic N) is 2. The number of aliphatic hydroxyl groups is 1. The van der Waals surface area contributed by atoms with Gasteiger partial charge in [0, 0.05) is 6.54 Å². The van der Waals surface area contributed by atoms with E-state index in [0.717, 1.165) is 18.5 Å². The van der Waals surface area contributed by atoms with Gasteiger partial charge in [-0.05, 0) is 44.0 Å². The predicted octanol–water partition coefficient (Wildman–Crippen LogP) is 2.39. The minimum atomic E-state index is -1.30. The van der Waals surface area contributed by atoms with E-state index < -0.39 is 23.5 Å². The molecule has 0 bridgehead atoms. The van der Waals surface area contributed by atoms with Gasteiger partial charge in [-0.25, -0.2) is 23.5 Å². The van der Waals surface area contributed by atoms with E-state index in [0.29, 0.717) is 9.21 Å². The molecule has 7 nitrogen and oxygen atoms in total. The third-order valence-corrected chi connectivity index (χ3v) is 3.38. The van der Waals surface area contributed by atoms with E-state index in [4.69, 9.17) is 10.2 Å². The predicted molar refractivity (Wildman–Crippen MR) is 90.2 cm³/mol. The van der Waals surface area contributed by atoms with Crippen molar-refractivity contribution in [3.05, 3.63) is 56.5 Å². The van der Waals surface area contributed by atoms with Crippen LogP contribution in [0.4, 0.5) is 8.78 Å². The molecule has 0 saturated heterocycles. The Morgan fingerprint density at radius 3 is 1.96 bits per heavy atom. The van der Waals surface area contributed by atoms with E-state index in [9.17, 15) is 18.4 Å². The SMILES string of the molecule is O=C(NCCO)c1cc(Br)ncc1F.O=C(O)c1cc(Br)ncc1F. The van der Waals surface area contributed by atoms with E-state index >= 15 is 0 Å². The fraction of sp³-hybridized carbons (Fsp3) is 0.143. The zero-order valence-electron chi connectivity index (χ0n) is 12.3. The van der Waals surface area contributed by atoms with Gasteiger partial charge in [-0.2, -0.15) is 0 Å². The summed E-state index contributed by atoms with van der Waals surface area (Å²) in [6.07, 6.45) is 1.81. The Kier molecular flexibility index (Phi) is 8.52. The number of hydrogen-bond acceptors (Lipinski definition) is 5. The smallest absolute Gasteiger partial charge is 0.338 e. The summed E-state index contributed by atoms with van der Waals surface area (Å²) in [5.41, 5.74) is -0.479. The van der Waals surface area contributed by atoms with Crippen molar-refractivity contribution in [1.82, 2.24) is 15.3 Å². The van der Waals surface area contributed by atoms with E-state index in [1.54, 1.807) is 0 Å². The Labute approximate surface area is 157 Å². The second-order valence-corrected chi connectivity index (χ2v) is 5.88. The van der Waals surface area contributed by atoms with Crippen LogP contribution in [0.15, 0.2) is 33.7 Å². The van der Waals surface area contributed by atoms with E-state index in [1.807, 2.05) is 0 Å². The number of halogens is 4. The lowest BCUT2D eigenvalue weighted by Gasteiger charge is -2.03. The van der Waals surface area contributed by atoms with E-state index in [1.165, 1.54) is 6.07 Å². The number of aromatic nitrogens is 2. The molecular weight excluding hydrogens is 472 g/mol. The number of nitrogens with one attached hydrogen (secondary N) is 1. The highest BCUT2D eigenvalue weighted by atomic mass is 79.9. The highest BCUT2D eigenvalue weighted by Crippen LogP contribution is 2.12. The maximum Gasteiger partial charge on any atom is 0.338 e. The zero-order valence-corrected chi connectivity index (χ0v) is 15.5. The third kappa shape index (κ3) is 6.80. The van der Waals surface area contributed by atoms with E-state index in [2.05, 4.69) is 47.1 Å². The lowest BCUT2D eigenvalue weighted by atomic mass is 10.2. The monoisotopic (exact) mass is 481 g/mol. The summed E-state index contributed by atoms with van der Waals surface area (Å²) in [5, 5.41) is 19.2. The van der Waals surface area contributed by atoms with Crippen LogP contribution in [0.2, 0.25) is 0 Å². The molecule has 0 unspecified atom stereocenters. The van der Waals surface area contributed by atoms with Crippen molar-refractivity contribution in [3.63, 3.8) is 0 Å². The number of aromatic carboxylic acids is 1. The zero-order chi connectivity index (χ0) is 19.0. The Morgan fingerprint density at radius 2 is 1.52 bits per heavy atom. The number of carboxylic acid groups (broad SMARTS) is 1. The van der Waals surface area contributed by atoms with Gasteiger partial charge in [-0.1, -0.05) is 0 Å². The lowest BCUT2D eigenvalue weighted by molar-refractivity contribution is 0.0691. The number of rotatable bonds is 4. The van der Waals surface area contributed by atoms with Gasteiger partial charge in [0.2, 0.25) is 0 Å². The average molecular weight is 483 g/mol. The normalized spacial score (nSPS) is 9.80. The van der Waals surface area contributed by atoms with Gasteiger partial charge in [-0.3, -0.25) is 4.79 Å². The summed E-state index contributed by atoms with van der Waals surface area (Å²) in [4.78, 5) is 28.7. The number of carbonyl (C=O) groups is 2. The molecule has 0 aliphatic rings. The number of amides is 1. The van der Waals surface area contributed by atoms with Crippen LogP contribution in [0, 0.1) is 11.6 Å². The second-order valence-electron chi connectivity index (χ2n) is 4.26. The maximum atomic E-state index is 13.0. The lowest BCUT2D eigenvalue weighted by Crippen LogP contribution is -2.27. The van der Waals surface area contributed by atoms with Gasteiger partial charge in [0.25, 0.3) is 5.91 Å². The average Bonchev–Trinajstić information content (AvgIpc) is 2.57. The molecule has 25 heavy (non-hydrogen) atoms. The van der Waals surface area contributed by atoms with Crippen LogP contribution >= 0.6 is 31.9 Å². The Morgan fingerprint density at radius 1 is 1.04 bits per heavy atom. The largest absolute Gasteiger partial charge is 0.478 e. The summed E-state index contributed by atoms with van der Waals surface area (Å²) in [5.74, 6) is -3.39. The van der Waals surface area contributed by atoms with Gasteiger partial charge in [0.05, 0.1) is 30.1 Å². The first-order valence-electron chi connectivity index (χ1n) is 6.50. The van der Waals surface area contributed by atoms with Crippen molar-refractivity contribution in [2.45, 2.75) is 0 Å².